The maximum atomic E-state index is 12.9. The first-order chi connectivity index (χ1) is 13.8. The van der Waals surface area contributed by atoms with E-state index in [9.17, 15) is 19.7 Å². The van der Waals surface area contributed by atoms with E-state index >= 15 is 0 Å². The van der Waals surface area contributed by atoms with Crippen LogP contribution in [0.4, 0.5) is 5.69 Å². The number of carbonyl (C=O) groups is 2. The summed E-state index contributed by atoms with van der Waals surface area (Å²) in [6.07, 6.45) is 0.946. The van der Waals surface area contributed by atoms with Crippen molar-refractivity contribution >= 4 is 40.8 Å². The molecule has 1 heterocycles. The number of nitrogens with zero attached hydrogens (tertiary/aromatic N) is 2. The summed E-state index contributed by atoms with van der Waals surface area (Å²) in [7, 11) is 1.37. The number of nitro benzene ring substituents is 1. The van der Waals surface area contributed by atoms with Crippen LogP contribution in [-0.2, 0) is 4.79 Å². The Hall–Kier alpha value is -2.84. The van der Waals surface area contributed by atoms with E-state index in [2.05, 4.69) is 0 Å². The molecular weight excluding hydrogens is 423 g/mol. The van der Waals surface area contributed by atoms with Gasteiger partial charge in [0.15, 0.2) is 0 Å². The summed E-state index contributed by atoms with van der Waals surface area (Å²) in [5.41, 5.74) is -0.235. The van der Waals surface area contributed by atoms with Crippen molar-refractivity contribution in [1.29, 1.82) is 0 Å². The Morgan fingerprint density at radius 3 is 2.66 bits per heavy atom. The number of amides is 1. The second kappa shape index (κ2) is 8.67. The van der Waals surface area contributed by atoms with Gasteiger partial charge in [0, 0.05) is 11.6 Å². The Bertz CT molecular complexity index is 981. The van der Waals surface area contributed by atoms with Crippen molar-refractivity contribution in [3.63, 3.8) is 0 Å². The van der Waals surface area contributed by atoms with Crippen molar-refractivity contribution in [1.82, 2.24) is 4.90 Å². The highest BCUT2D eigenvalue weighted by Gasteiger charge is 2.37. The molecule has 0 bridgehead atoms. The first kappa shape index (κ1) is 20.9. The molecule has 1 amide bonds. The number of rotatable bonds is 5. The van der Waals surface area contributed by atoms with Crippen LogP contribution in [0.3, 0.4) is 0 Å². The van der Waals surface area contributed by atoms with Gasteiger partial charge in [-0.2, -0.15) is 0 Å². The predicted octanol–water partition coefficient (Wildman–Crippen LogP) is 4.12. The first-order valence-electron chi connectivity index (χ1n) is 8.62. The van der Waals surface area contributed by atoms with E-state index in [1.54, 1.807) is 6.07 Å². The second-order valence-electron chi connectivity index (χ2n) is 6.29. The number of methoxy groups -OCH3 is 1. The molecule has 3 rings (SSSR count). The van der Waals surface area contributed by atoms with Gasteiger partial charge in [-0.15, -0.1) is 0 Å². The zero-order valence-electron chi connectivity index (χ0n) is 15.3. The minimum atomic E-state index is -0.890. The fourth-order valence-electron chi connectivity index (χ4n) is 3.10. The van der Waals surface area contributed by atoms with E-state index < -0.39 is 28.5 Å². The Labute approximate surface area is 176 Å². The lowest BCUT2D eigenvalue weighted by atomic mass is 10.1. The van der Waals surface area contributed by atoms with Crippen molar-refractivity contribution < 1.29 is 24.0 Å². The number of carbonyl (C=O) groups excluding carboxylic acids is 2. The van der Waals surface area contributed by atoms with E-state index in [-0.39, 0.29) is 22.1 Å². The van der Waals surface area contributed by atoms with Gasteiger partial charge < -0.3 is 14.4 Å². The summed E-state index contributed by atoms with van der Waals surface area (Å²) in [6, 6.07) is 7.48. The maximum Gasteiger partial charge on any atom is 0.334 e. The molecule has 152 valence electrons. The van der Waals surface area contributed by atoms with Gasteiger partial charge >= 0.3 is 11.7 Å². The lowest BCUT2D eigenvalue weighted by molar-refractivity contribution is -0.385. The van der Waals surface area contributed by atoms with Crippen LogP contribution >= 0.6 is 23.2 Å². The molecule has 1 fully saturated rings. The van der Waals surface area contributed by atoms with E-state index in [0.29, 0.717) is 24.4 Å². The molecule has 0 saturated carbocycles. The Morgan fingerprint density at radius 1 is 1.21 bits per heavy atom. The van der Waals surface area contributed by atoms with Crippen LogP contribution in [0.15, 0.2) is 36.4 Å². The van der Waals surface area contributed by atoms with Crippen molar-refractivity contribution in [2.24, 2.45) is 0 Å². The van der Waals surface area contributed by atoms with Gasteiger partial charge in [0.25, 0.3) is 5.91 Å². The van der Waals surface area contributed by atoms with Crippen LogP contribution in [-0.4, -0.2) is 41.4 Å². The minimum Gasteiger partial charge on any atom is -0.496 e. The molecule has 29 heavy (non-hydrogen) atoms. The highest BCUT2D eigenvalue weighted by Crippen LogP contribution is 2.33. The highest BCUT2D eigenvalue weighted by molar-refractivity contribution is 6.35. The monoisotopic (exact) mass is 438 g/mol. The fraction of sp³-hybridized carbons (Fsp3) is 0.263. The SMILES string of the molecule is COc1ccc(OC(=O)C2CCCN2C(=O)c2cc(Cl)ccc2Cl)c([N+](=O)[O-])c1. The van der Waals surface area contributed by atoms with Crippen LogP contribution in [0, 0.1) is 10.1 Å². The number of esters is 1. The van der Waals surface area contributed by atoms with E-state index in [0.717, 1.165) is 6.07 Å². The quantitative estimate of drug-likeness (QED) is 0.301. The molecule has 10 heteroatoms. The predicted molar refractivity (Wildman–Crippen MR) is 106 cm³/mol. The van der Waals surface area contributed by atoms with Gasteiger partial charge in [-0.3, -0.25) is 14.9 Å². The van der Waals surface area contributed by atoms with Gasteiger partial charge in [0.1, 0.15) is 11.8 Å². The Morgan fingerprint density at radius 2 is 1.97 bits per heavy atom. The van der Waals surface area contributed by atoms with Gasteiger partial charge in [-0.1, -0.05) is 23.2 Å². The molecular formula is C19H16Cl2N2O6. The lowest BCUT2D eigenvalue weighted by Gasteiger charge is -2.23. The molecule has 0 N–H and O–H groups in total. The van der Waals surface area contributed by atoms with Gasteiger partial charge in [-0.05, 0) is 43.2 Å². The van der Waals surface area contributed by atoms with Gasteiger partial charge in [-0.25, -0.2) is 4.79 Å². The Balaban J connectivity index is 1.83. The average Bonchev–Trinajstić information content (AvgIpc) is 3.19. The van der Waals surface area contributed by atoms with E-state index in [4.69, 9.17) is 32.7 Å². The number of likely N-dealkylation sites (tertiary alicyclic amines) is 1. The smallest absolute Gasteiger partial charge is 0.334 e. The first-order valence-corrected chi connectivity index (χ1v) is 9.37. The third kappa shape index (κ3) is 4.44. The van der Waals surface area contributed by atoms with Gasteiger partial charge in [0.2, 0.25) is 5.75 Å². The molecule has 2 aromatic rings. The lowest BCUT2D eigenvalue weighted by Crippen LogP contribution is -2.42. The number of benzene rings is 2. The number of ether oxygens (including phenoxy) is 2. The maximum absolute atomic E-state index is 12.9. The molecule has 0 spiro atoms. The molecule has 1 aliphatic rings. The van der Waals surface area contributed by atoms with Crippen LogP contribution < -0.4 is 9.47 Å². The summed E-state index contributed by atoms with van der Waals surface area (Å²) < 4.78 is 10.2. The van der Waals surface area contributed by atoms with Crippen molar-refractivity contribution in [2.75, 3.05) is 13.7 Å². The zero-order chi connectivity index (χ0) is 21.1. The second-order valence-corrected chi connectivity index (χ2v) is 7.14. The fourth-order valence-corrected chi connectivity index (χ4v) is 3.47. The minimum absolute atomic E-state index is 0.175. The normalized spacial score (nSPS) is 15.8. The van der Waals surface area contributed by atoms with Crippen LogP contribution in [0.25, 0.3) is 0 Å². The van der Waals surface area contributed by atoms with Crippen LogP contribution in [0.2, 0.25) is 10.0 Å². The van der Waals surface area contributed by atoms with Crippen molar-refractivity contribution in [3.8, 4) is 11.5 Å². The molecule has 0 radical (unpaired) electrons. The highest BCUT2D eigenvalue weighted by atomic mass is 35.5. The van der Waals surface area contributed by atoms with Crippen LogP contribution in [0.1, 0.15) is 23.2 Å². The summed E-state index contributed by atoms with van der Waals surface area (Å²) in [6.45, 7) is 0.326. The summed E-state index contributed by atoms with van der Waals surface area (Å²) in [5.74, 6) is -1.19. The molecule has 2 aromatic carbocycles. The third-order valence-corrected chi connectivity index (χ3v) is 5.08. The zero-order valence-corrected chi connectivity index (χ0v) is 16.8. The van der Waals surface area contributed by atoms with Crippen LogP contribution in [0.5, 0.6) is 11.5 Å². The summed E-state index contributed by atoms with van der Waals surface area (Å²) in [4.78, 5) is 37.6. The number of halogens is 2. The molecule has 1 atom stereocenters. The standard InChI is InChI=1S/C19H16Cl2N2O6/c1-28-12-5-7-17(16(10-12)23(26)27)29-19(25)15-3-2-8-22(15)18(24)13-9-11(20)4-6-14(13)21/h4-7,9-10,15H,2-3,8H2,1H3. The number of hydrogen-bond acceptors (Lipinski definition) is 6. The van der Waals surface area contributed by atoms with E-state index in [1.165, 1.54) is 36.3 Å². The average molecular weight is 439 g/mol. The molecule has 0 aromatic heterocycles. The molecule has 1 aliphatic heterocycles. The number of nitro groups is 1. The third-order valence-electron chi connectivity index (χ3n) is 4.52. The molecule has 1 unspecified atom stereocenters. The van der Waals surface area contributed by atoms with E-state index in [1.807, 2.05) is 0 Å². The molecule has 1 saturated heterocycles. The molecule has 0 aliphatic carbocycles. The number of hydrogen-bond donors (Lipinski definition) is 0. The summed E-state index contributed by atoms with van der Waals surface area (Å²) in [5, 5.41) is 11.8. The summed E-state index contributed by atoms with van der Waals surface area (Å²) >= 11 is 12.1. The topological polar surface area (TPSA) is 99.0 Å². The Kier molecular flexibility index (Phi) is 6.24. The van der Waals surface area contributed by atoms with Crippen molar-refractivity contribution in [3.05, 3.63) is 62.1 Å². The molecule has 8 nitrogen and oxygen atoms in total. The largest absolute Gasteiger partial charge is 0.496 e. The van der Waals surface area contributed by atoms with Crippen molar-refractivity contribution in [2.45, 2.75) is 18.9 Å². The van der Waals surface area contributed by atoms with Gasteiger partial charge in [0.05, 0.1) is 28.7 Å².